The van der Waals surface area contributed by atoms with Crippen LogP contribution in [0.1, 0.15) is 25.1 Å². The number of nitrogens with one attached hydrogen (secondary N) is 1. The highest BCUT2D eigenvalue weighted by Crippen LogP contribution is 2.25. The van der Waals surface area contributed by atoms with Gasteiger partial charge in [-0.15, -0.1) is 0 Å². The van der Waals surface area contributed by atoms with Gasteiger partial charge in [0.25, 0.3) is 0 Å². The van der Waals surface area contributed by atoms with Crippen LogP contribution in [0.3, 0.4) is 0 Å². The van der Waals surface area contributed by atoms with Gasteiger partial charge in [0.15, 0.2) is 0 Å². The Balaban J connectivity index is 2.29. The van der Waals surface area contributed by atoms with Crippen molar-refractivity contribution in [1.82, 2.24) is 9.97 Å². The molecule has 3 nitrogen and oxygen atoms in total. The normalized spacial score (nSPS) is 12.7. The van der Waals surface area contributed by atoms with Gasteiger partial charge in [-0.25, -0.2) is 9.37 Å². The van der Waals surface area contributed by atoms with Crippen molar-refractivity contribution in [3.8, 4) is 11.3 Å². The van der Waals surface area contributed by atoms with Gasteiger partial charge in [0, 0.05) is 16.0 Å². The van der Waals surface area contributed by atoms with E-state index in [0.29, 0.717) is 17.8 Å². The smallest absolute Gasteiger partial charge is 0.133 e. The molecule has 1 aromatic carbocycles. The van der Waals surface area contributed by atoms with E-state index in [2.05, 4.69) is 25.9 Å². The highest BCUT2D eigenvalue weighted by molar-refractivity contribution is 9.10. The van der Waals surface area contributed by atoms with Gasteiger partial charge < -0.3 is 10.7 Å². The van der Waals surface area contributed by atoms with Crippen LogP contribution in [0.15, 0.2) is 28.9 Å². The van der Waals surface area contributed by atoms with Crippen molar-refractivity contribution in [2.45, 2.75) is 19.3 Å². The molecule has 0 aliphatic carbocycles. The van der Waals surface area contributed by atoms with Crippen LogP contribution in [-0.2, 0) is 0 Å². The number of nitrogens with zero attached hydrogens (tertiary/aromatic N) is 1. The molecule has 0 spiro atoms. The van der Waals surface area contributed by atoms with Crippen molar-refractivity contribution in [3.05, 3.63) is 40.5 Å². The molecule has 1 atom stereocenters. The third-order valence-electron chi connectivity index (χ3n) is 2.88. The monoisotopic (exact) mass is 311 g/mol. The quantitative estimate of drug-likeness (QED) is 0.909. The minimum Gasteiger partial charge on any atom is -0.342 e. The molecule has 96 valence electrons. The van der Waals surface area contributed by atoms with Crippen LogP contribution >= 0.6 is 15.9 Å². The first kappa shape index (κ1) is 13.2. The van der Waals surface area contributed by atoms with E-state index in [9.17, 15) is 4.39 Å². The minimum absolute atomic E-state index is 0.252. The van der Waals surface area contributed by atoms with E-state index in [4.69, 9.17) is 5.73 Å². The van der Waals surface area contributed by atoms with Gasteiger partial charge in [-0.05, 0) is 31.2 Å². The lowest BCUT2D eigenvalue weighted by Crippen LogP contribution is -2.05. The molecule has 2 rings (SSSR count). The first-order valence-electron chi connectivity index (χ1n) is 5.82. The van der Waals surface area contributed by atoms with Crippen molar-refractivity contribution >= 4 is 15.9 Å². The Bertz CT molecular complexity index is 539. The maximum absolute atomic E-state index is 13.8. The van der Waals surface area contributed by atoms with E-state index in [0.717, 1.165) is 16.7 Å². The summed E-state index contributed by atoms with van der Waals surface area (Å²) in [5.74, 6) is 0.825. The fraction of sp³-hybridized carbons (Fsp3) is 0.308. The lowest BCUT2D eigenvalue weighted by atomic mass is 10.1. The first-order valence-corrected chi connectivity index (χ1v) is 6.61. The summed E-state index contributed by atoms with van der Waals surface area (Å²) in [7, 11) is 0. The van der Waals surface area contributed by atoms with Crippen molar-refractivity contribution in [1.29, 1.82) is 0 Å². The average Bonchev–Trinajstić information content (AvgIpc) is 2.78. The van der Waals surface area contributed by atoms with Crippen LogP contribution in [0.25, 0.3) is 11.3 Å². The molecule has 3 N–H and O–H groups in total. The molecular weight excluding hydrogens is 297 g/mol. The molecule has 5 heteroatoms. The Morgan fingerprint density at radius 3 is 2.94 bits per heavy atom. The maximum atomic E-state index is 13.8. The van der Waals surface area contributed by atoms with E-state index >= 15 is 0 Å². The fourth-order valence-electron chi connectivity index (χ4n) is 1.82. The SMILES string of the molecule is CC(CCN)c1ncc(-c2ccc(Br)cc2F)[nH]1. The Labute approximate surface area is 114 Å². The van der Waals surface area contributed by atoms with Gasteiger partial charge in [-0.2, -0.15) is 0 Å². The second kappa shape index (κ2) is 5.63. The van der Waals surface area contributed by atoms with Gasteiger partial charge >= 0.3 is 0 Å². The summed E-state index contributed by atoms with van der Waals surface area (Å²) in [6.45, 7) is 2.66. The number of halogens is 2. The van der Waals surface area contributed by atoms with E-state index < -0.39 is 0 Å². The highest BCUT2D eigenvalue weighted by atomic mass is 79.9. The molecule has 18 heavy (non-hydrogen) atoms. The van der Waals surface area contributed by atoms with Crippen LogP contribution in [0.5, 0.6) is 0 Å². The highest BCUT2D eigenvalue weighted by Gasteiger charge is 2.12. The number of aromatic nitrogens is 2. The number of benzene rings is 1. The minimum atomic E-state index is -0.272. The molecule has 1 heterocycles. The molecule has 0 saturated carbocycles. The summed E-state index contributed by atoms with van der Waals surface area (Å²) >= 11 is 3.24. The molecule has 0 bridgehead atoms. The predicted molar refractivity (Wildman–Crippen MR) is 73.8 cm³/mol. The van der Waals surface area contributed by atoms with Crippen molar-refractivity contribution in [3.63, 3.8) is 0 Å². The maximum Gasteiger partial charge on any atom is 0.133 e. The third-order valence-corrected chi connectivity index (χ3v) is 3.38. The zero-order valence-corrected chi connectivity index (χ0v) is 11.7. The van der Waals surface area contributed by atoms with Crippen molar-refractivity contribution in [2.24, 2.45) is 5.73 Å². The molecular formula is C13H15BrFN3. The zero-order chi connectivity index (χ0) is 13.1. The Morgan fingerprint density at radius 2 is 2.28 bits per heavy atom. The first-order chi connectivity index (χ1) is 8.61. The van der Waals surface area contributed by atoms with Crippen LogP contribution in [0.4, 0.5) is 4.39 Å². The van der Waals surface area contributed by atoms with Gasteiger partial charge in [0.2, 0.25) is 0 Å². The van der Waals surface area contributed by atoms with Crippen LogP contribution < -0.4 is 5.73 Å². The molecule has 1 unspecified atom stereocenters. The van der Waals surface area contributed by atoms with Crippen molar-refractivity contribution < 1.29 is 4.39 Å². The summed E-state index contributed by atoms with van der Waals surface area (Å²) in [5, 5.41) is 0. The molecule has 0 radical (unpaired) electrons. The largest absolute Gasteiger partial charge is 0.342 e. The van der Waals surface area contributed by atoms with Gasteiger partial charge in [0.1, 0.15) is 11.6 Å². The predicted octanol–water partition coefficient (Wildman–Crippen LogP) is 3.43. The fourth-order valence-corrected chi connectivity index (χ4v) is 2.15. The summed E-state index contributed by atoms with van der Waals surface area (Å²) in [4.78, 5) is 7.44. The standard InChI is InChI=1S/C13H15BrFN3/c1-8(4-5-16)13-17-7-12(18-13)10-3-2-9(14)6-11(10)15/h2-3,6-8H,4-5,16H2,1H3,(H,17,18). The number of hydrogen-bond acceptors (Lipinski definition) is 2. The molecule has 0 aliphatic rings. The Morgan fingerprint density at radius 1 is 1.50 bits per heavy atom. The summed E-state index contributed by atoms with van der Waals surface area (Å²) in [6.07, 6.45) is 2.52. The van der Waals surface area contributed by atoms with Gasteiger partial charge in [0.05, 0.1) is 11.9 Å². The van der Waals surface area contributed by atoms with Crippen LogP contribution in [0, 0.1) is 5.82 Å². The number of nitrogens with two attached hydrogens (primary N) is 1. The Kier molecular flexibility index (Phi) is 4.14. The second-order valence-corrected chi connectivity index (χ2v) is 5.20. The molecule has 1 aromatic heterocycles. The molecule has 0 aliphatic heterocycles. The molecule has 0 fully saturated rings. The summed E-state index contributed by atoms with van der Waals surface area (Å²) < 4.78 is 14.5. The summed E-state index contributed by atoms with van der Waals surface area (Å²) in [6, 6.07) is 4.98. The number of rotatable bonds is 4. The van der Waals surface area contributed by atoms with E-state index in [1.54, 1.807) is 12.3 Å². The van der Waals surface area contributed by atoms with Crippen LogP contribution in [-0.4, -0.2) is 16.5 Å². The van der Waals surface area contributed by atoms with Crippen LogP contribution in [0.2, 0.25) is 0 Å². The van der Waals surface area contributed by atoms with Crippen molar-refractivity contribution in [2.75, 3.05) is 6.54 Å². The van der Waals surface area contributed by atoms with Gasteiger partial charge in [-0.1, -0.05) is 22.9 Å². The van der Waals surface area contributed by atoms with E-state index in [-0.39, 0.29) is 11.7 Å². The molecule has 2 aromatic rings. The van der Waals surface area contributed by atoms with E-state index in [1.165, 1.54) is 6.07 Å². The topological polar surface area (TPSA) is 54.7 Å². The number of hydrogen-bond donors (Lipinski definition) is 2. The number of H-pyrrole nitrogens is 1. The summed E-state index contributed by atoms with van der Waals surface area (Å²) in [5.41, 5.74) is 6.74. The number of aromatic amines is 1. The van der Waals surface area contributed by atoms with Gasteiger partial charge in [-0.3, -0.25) is 0 Å². The van der Waals surface area contributed by atoms with E-state index in [1.807, 2.05) is 13.0 Å². The average molecular weight is 312 g/mol. The molecule has 0 amide bonds. The third kappa shape index (κ3) is 2.79. The second-order valence-electron chi connectivity index (χ2n) is 4.28. The number of imidazole rings is 1. The lowest BCUT2D eigenvalue weighted by Gasteiger charge is -2.06. The molecule has 0 saturated heterocycles. The lowest BCUT2D eigenvalue weighted by molar-refractivity contribution is 0.629. The Hall–Kier alpha value is -1.20. The zero-order valence-electron chi connectivity index (χ0n) is 10.1.